The summed E-state index contributed by atoms with van der Waals surface area (Å²) in [5, 5.41) is 6.66. The summed E-state index contributed by atoms with van der Waals surface area (Å²) in [4.78, 5) is 25.2. The Hall–Kier alpha value is -3.26. The molecule has 4 aromatic rings. The number of rotatable bonds is 6. The molecular formula is C20H18N4O3S. The van der Waals surface area contributed by atoms with E-state index in [0.717, 1.165) is 21.6 Å². The van der Waals surface area contributed by atoms with Gasteiger partial charge in [0.25, 0.3) is 5.91 Å². The number of hydrogen-bond acceptors (Lipinski definition) is 7. The summed E-state index contributed by atoms with van der Waals surface area (Å²) in [6, 6.07) is 9.27. The number of aromatic nitrogens is 3. The fourth-order valence-corrected chi connectivity index (χ4v) is 3.48. The Morgan fingerprint density at radius 2 is 2.21 bits per heavy atom. The molecule has 0 saturated heterocycles. The van der Waals surface area contributed by atoms with Gasteiger partial charge in [0.2, 0.25) is 5.89 Å². The fourth-order valence-electron chi connectivity index (χ4n) is 2.67. The van der Waals surface area contributed by atoms with E-state index in [-0.39, 0.29) is 24.2 Å². The van der Waals surface area contributed by atoms with E-state index in [4.69, 9.17) is 9.15 Å². The van der Waals surface area contributed by atoms with Crippen LogP contribution >= 0.6 is 11.3 Å². The summed E-state index contributed by atoms with van der Waals surface area (Å²) in [7, 11) is 0. The topological polar surface area (TPSA) is 90.1 Å². The Kier molecular flexibility index (Phi) is 5.03. The molecule has 1 amide bonds. The molecule has 1 N–H and O–H groups in total. The smallest absolute Gasteiger partial charge is 0.273 e. The van der Waals surface area contributed by atoms with E-state index in [1.807, 2.05) is 49.6 Å². The normalized spacial score (nSPS) is 12.1. The Labute approximate surface area is 165 Å². The Balaban J connectivity index is 1.37. The van der Waals surface area contributed by atoms with Crippen molar-refractivity contribution in [2.75, 3.05) is 0 Å². The van der Waals surface area contributed by atoms with Gasteiger partial charge in [-0.3, -0.25) is 9.78 Å². The van der Waals surface area contributed by atoms with Gasteiger partial charge in [-0.2, -0.15) is 0 Å². The van der Waals surface area contributed by atoms with E-state index in [2.05, 4.69) is 20.3 Å². The second-order valence-corrected chi connectivity index (χ2v) is 7.19. The predicted molar refractivity (Wildman–Crippen MR) is 105 cm³/mol. The highest BCUT2D eigenvalue weighted by atomic mass is 32.1. The number of oxazole rings is 1. The number of pyridine rings is 1. The number of fused-ring (bicyclic) bond motifs is 1. The van der Waals surface area contributed by atoms with Crippen LogP contribution in [0.15, 0.2) is 52.6 Å². The fraction of sp³-hybridized carbons (Fsp3) is 0.200. The molecule has 0 aliphatic heterocycles. The molecule has 8 heteroatoms. The van der Waals surface area contributed by atoms with Crippen molar-refractivity contribution in [2.24, 2.45) is 0 Å². The van der Waals surface area contributed by atoms with E-state index in [1.54, 1.807) is 6.20 Å². The lowest BCUT2D eigenvalue weighted by Gasteiger charge is -2.09. The number of benzene rings is 1. The molecule has 1 aromatic carbocycles. The van der Waals surface area contributed by atoms with Crippen molar-refractivity contribution in [3.05, 3.63) is 70.5 Å². The number of amides is 1. The summed E-state index contributed by atoms with van der Waals surface area (Å²) in [6.07, 6.45) is 3.08. The molecular weight excluding hydrogens is 376 g/mol. The molecule has 4 rings (SSSR count). The third-order valence-electron chi connectivity index (χ3n) is 4.08. The zero-order chi connectivity index (χ0) is 19.5. The zero-order valence-corrected chi connectivity index (χ0v) is 16.2. The maximum absolute atomic E-state index is 12.4. The minimum Gasteiger partial charge on any atom is -0.484 e. The summed E-state index contributed by atoms with van der Waals surface area (Å²) in [5.74, 6) is 0.693. The number of ether oxygens (including phenoxy) is 1. The molecule has 0 saturated carbocycles. The second-order valence-electron chi connectivity index (χ2n) is 6.30. The van der Waals surface area contributed by atoms with Crippen LogP contribution < -0.4 is 10.1 Å². The van der Waals surface area contributed by atoms with E-state index in [1.165, 1.54) is 17.6 Å². The van der Waals surface area contributed by atoms with Gasteiger partial charge in [0.1, 0.15) is 17.0 Å². The third kappa shape index (κ3) is 4.01. The van der Waals surface area contributed by atoms with Crippen molar-refractivity contribution in [1.29, 1.82) is 0 Å². The van der Waals surface area contributed by atoms with Gasteiger partial charge in [0.15, 0.2) is 12.3 Å². The maximum atomic E-state index is 12.4. The molecule has 0 radical (unpaired) electrons. The predicted octanol–water partition coefficient (Wildman–Crippen LogP) is 4.06. The number of carbonyl (C=O) groups excluding carboxylic acids is 1. The molecule has 0 aliphatic rings. The van der Waals surface area contributed by atoms with Crippen LogP contribution in [0.4, 0.5) is 0 Å². The summed E-state index contributed by atoms with van der Waals surface area (Å²) in [5.41, 5.74) is 2.04. The van der Waals surface area contributed by atoms with Crippen molar-refractivity contribution in [3.63, 3.8) is 0 Å². The first-order valence-electron chi connectivity index (χ1n) is 8.73. The van der Waals surface area contributed by atoms with Gasteiger partial charge in [0.05, 0.1) is 11.6 Å². The summed E-state index contributed by atoms with van der Waals surface area (Å²) < 4.78 is 11.1. The van der Waals surface area contributed by atoms with Crippen molar-refractivity contribution < 1.29 is 13.9 Å². The maximum Gasteiger partial charge on any atom is 0.273 e. The standard InChI is InChI=1S/C20H18N4O3S/c1-12-11-28-20(22-12)13(2)23-19(25)17-9-27-18(24-17)10-26-15-5-6-16-14(8-15)4-3-7-21-16/h3-9,11,13H,10H2,1-2H3,(H,23,25)/t13-/m0/s1. The van der Waals surface area contributed by atoms with Crippen LogP contribution in [0.3, 0.4) is 0 Å². The lowest BCUT2D eigenvalue weighted by Crippen LogP contribution is -2.26. The second kappa shape index (κ2) is 7.77. The average Bonchev–Trinajstić information content (AvgIpc) is 3.35. The highest BCUT2D eigenvalue weighted by Gasteiger charge is 2.17. The molecule has 0 fully saturated rings. The quantitative estimate of drug-likeness (QED) is 0.530. The molecule has 0 aliphatic carbocycles. The minimum atomic E-state index is -0.313. The van der Waals surface area contributed by atoms with Crippen molar-refractivity contribution >= 4 is 28.1 Å². The first kappa shape index (κ1) is 18.1. The monoisotopic (exact) mass is 394 g/mol. The molecule has 3 heterocycles. The molecule has 142 valence electrons. The van der Waals surface area contributed by atoms with Crippen LogP contribution in [-0.2, 0) is 6.61 Å². The number of carbonyl (C=O) groups is 1. The van der Waals surface area contributed by atoms with Crippen LogP contribution in [0.2, 0.25) is 0 Å². The number of aryl methyl sites for hydroxylation is 1. The van der Waals surface area contributed by atoms with E-state index >= 15 is 0 Å². The van der Waals surface area contributed by atoms with Crippen molar-refractivity contribution in [2.45, 2.75) is 26.5 Å². The Morgan fingerprint density at radius 3 is 3.04 bits per heavy atom. The highest BCUT2D eigenvalue weighted by Crippen LogP contribution is 2.20. The van der Waals surface area contributed by atoms with Gasteiger partial charge >= 0.3 is 0 Å². The molecule has 28 heavy (non-hydrogen) atoms. The number of thiazole rings is 1. The van der Waals surface area contributed by atoms with E-state index in [0.29, 0.717) is 11.6 Å². The molecule has 0 bridgehead atoms. The molecule has 7 nitrogen and oxygen atoms in total. The van der Waals surface area contributed by atoms with Crippen LogP contribution in [0.1, 0.15) is 40.0 Å². The largest absolute Gasteiger partial charge is 0.484 e. The van der Waals surface area contributed by atoms with Crippen molar-refractivity contribution in [3.8, 4) is 5.75 Å². The SMILES string of the molecule is Cc1csc([C@H](C)NC(=O)c2coc(COc3ccc4ncccc4c3)n2)n1. The Bertz CT molecular complexity index is 1120. The Morgan fingerprint density at radius 1 is 1.32 bits per heavy atom. The minimum absolute atomic E-state index is 0.125. The van der Waals surface area contributed by atoms with Gasteiger partial charge in [0, 0.05) is 22.7 Å². The number of nitrogens with one attached hydrogen (secondary N) is 1. The lowest BCUT2D eigenvalue weighted by atomic mass is 10.2. The molecule has 0 unspecified atom stereocenters. The van der Waals surface area contributed by atoms with E-state index in [9.17, 15) is 4.79 Å². The van der Waals surface area contributed by atoms with Gasteiger partial charge in [-0.05, 0) is 38.1 Å². The van der Waals surface area contributed by atoms with Crippen LogP contribution in [0, 0.1) is 6.92 Å². The lowest BCUT2D eigenvalue weighted by molar-refractivity contribution is 0.0934. The first-order valence-corrected chi connectivity index (χ1v) is 9.61. The van der Waals surface area contributed by atoms with Crippen molar-refractivity contribution in [1.82, 2.24) is 20.3 Å². The van der Waals surface area contributed by atoms with Crippen LogP contribution in [0.25, 0.3) is 10.9 Å². The number of hydrogen-bond donors (Lipinski definition) is 1. The van der Waals surface area contributed by atoms with Gasteiger partial charge in [-0.15, -0.1) is 11.3 Å². The van der Waals surface area contributed by atoms with Crippen LogP contribution in [-0.4, -0.2) is 20.9 Å². The molecule has 3 aromatic heterocycles. The van der Waals surface area contributed by atoms with E-state index < -0.39 is 0 Å². The molecule has 0 spiro atoms. The van der Waals surface area contributed by atoms with Gasteiger partial charge in [-0.1, -0.05) is 6.07 Å². The first-order chi connectivity index (χ1) is 13.6. The zero-order valence-electron chi connectivity index (χ0n) is 15.4. The molecule has 1 atom stereocenters. The summed E-state index contributed by atoms with van der Waals surface area (Å²) in [6.45, 7) is 3.93. The van der Waals surface area contributed by atoms with Gasteiger partial charge < -0.3 is 14.5 Å². The summed E-state index contributed by atoms with van der Waals surface area (Å²) >= 11 is 1.51. The third-order valence-corrected chi connectivity index (χ3v) is 5.22. The highest BCUT2D eigenvalue weighted by molar-refractivity contribution is 7.09. The average molecular weight is 394 g/mol. The van der Waals surface area contributed by atoms with Crippen LogP contribution in [0.5, 0.6) is 5.75 Å². The van der Waals surface area contributed by atoms with Gasteiger partial charge in [-0.25, -0.2) is 9.97 Å². The number of nitrogens with zero attached hydrogens (tertiary/aromatic N) is 3.